The van der Waals surface area contributed by atoms with Crippen molar-refractivity contribution in [1.82, 2.24) is 14.9 Å². The number of hydrogen-bond acceptors (Lipinski definition) is 3. The third kappa shape index (κ3) is 3.54. The van der Waals surface area contributed by atoms with E-state index >= 15 is 0 Å². The van der Waals surface area contributed by atoms with E-state index in [-0.39, 0.29) is 35.8 Å². The zero-order chi connectivity index (χ0) is 21.4. The molecule has 0 unspecified atom stereocenters. The van der Waals surface area contributed by atoms with Crippen LogP contribution in [-0.4, -0.2) is 27.3 Å². The van der Waals surface area contributed by atoms with Crippen LogP contribution in [0.5, 0.6) is 0 Å². The normalized spacial score (nSPS) is 13.6. The smallest absolute Gasteiger partial charge is 0.252 e. The van der Waals surface area contributed by atoms with E-state index in [9.17, 15) is 18.4 Å². The van der Waals surface area contributed by atoms with Crippen LogP contribution in [0.1, 0.15) is 23.7 Å². The van der Waals surface area contributed by atoms with Crippen molar-refractivity contribution in [3.05, 3.63) is 93.2 Å². The van der Waals surface area contributed by atoms with Crippen LogP contribution >= 0.6 is 0 Å². The van der Waals surface area contributed by atoms with E-state index in [0.29, 0.717) is 6.54 Å². The van der Waals surface area contributed by atoms with Gasteiger partial charge in [0.05, 0.1) is 11.9 Å². The van der Waals surface area contributed by atoms with E-state index < -0.39 is 17.2 Å². The van der Waals surface area contributed by atoms with Crippen LogP contribution in [0.3, 0.4) is 0 Å². The summed E-state index contributed by atoms with van der Waals surface area (Å²) in [6, 6.07) is 4.28. The van der Waals surface area contributed by atoms with Gasteiger partial charge in [0.2, 0.25) is 5.91 Å². The number of nitrogens with one attached hydrogen (secondary N) is 1. The number of hydrogen-bond donors (Lipinski definition) is 1. The number of halogens is 2. The van der Waals surface area contributed by atoms with Gasteiger partial charge in [-0.25, -0.2) is 8.78 Å². The first-order valence-corrected chi connectivity index (χ1v) is 9.44. The number of aromatic amines is 1. The number of carbonyl (C=O) groups is 1. The Morgan fingerprint density at radius 3 is 2.77 bits per heavy atom. The second-order valence-electron chi connectivity index (χ2n) is 7.29. The number of aryl methyl sites for hydroxylation is 2. The Kier molecular flexibility index (Phi) is 5.03. The first-order chi connectivity index (χ1) is 14.3. The van der Waals surface area contributed by atoms with Gasteiger partial charge in [0.25, 0.3) is 5.56 Å². The number of carbonyl (C=O) groups excluding carboxylic acids is 1. The molecular formula is C23H21F2N3O2. The average Bonchev–Trinajstić information content (AvgIpc) is 2.73. The van der Waals surface area contributed by atoms with Crippen LogP contribution in [0, 0.1) is 25.5 Å². The average molecular weight is 409 g/mol. The van der Waals surface area contributed by atoms with Gasteiger partial charge in [-0.1, -0.05) is 6.08 Å². The van der Waals surface area contributed by atoms with Gasteiger partial charge in [0.15, 0.2) is 11.6 Å². The number of rotatable bonds is 3. The molecule has 3 aromatic rings. The van der Waals surface area contributed by atoms with Crippen molar-refractivity contribution in [2.75, 3.05) is 6.54 Å². The molecule has 1 aromatic carbocycles. The lowest BCUT2D eigenvalue weighted by Gasteiger charge is -2.21. The second kappa shape index (κ2) is 7.67. The maximum Gasteiger partial charge on any atom is 0.252 e. The Labute approximate surface area is 172 Å². The van der Waals surface area contributed by atoms with Gasteiger partial charge in [-0.2, -0.15) is 0 Å². The highest BCUT2D eigenvalue weighted by Crippen LogP contribution is 2.24. The first-order valence-electron chi connectivity index (χ1n) is 9.44. The molecule has 3 heterocycles. The predicted molar refractivity (Wildman–Crippen MR) is 113 cm³/mol. The summed E-state index contributed by atoms with van der Waals surface area (Å²) >= 11 is 0. The lowest BCUT2D eigenvalue weighted by molar-refractivity contribution is -0.127. The van der Waals surface area contributed by atoms with Gasteiger partial charge >= 0.3 is 0 Å². The Morgan fingerprint density at radius 2 is 2.07 bits per heavy atom. The molecule has 0 saturated carbocycles. The minimum Gasteiger partial charge on any atom is -0.322 e. The molecule has 0 spiro atoms. The number of allylic oxidation sites excluding steroid dienone is 2. The number of nitrogens with zero attached hydrogens (tertiary/aromatic N) is 2. The Morgan fingerprint density at radius 1 is 1.27 bits per heavy atom. The number of benzene rings is 1. The number of pyridine rings is 2. The molecule has 0 fully saturated rings. The van der Waals surface area contributed by atoms with Crippen LogP contribution in [0.4, 0.5) is 8.78 Å². The largest absolute Gasteiger partial charge is 0.322 e. The molecule has 1 aliphatic rings. The van der Waals surface area contributed by atoms with Crippen LogP contribution in [0.25, 0.3) is 16.5 Å². The van der Waals surface area contributed by atoms with Gasteiger partial charge in [-0.05, 0) is 54.8 Å². The summed E-state index contributed by atoms with van der Waals surface area (Å²) in [5, 5.41) is -0.0132. The third-order valence-electron chi connectivity index (χ3n) is 5.24. The molecule has 5 nitrogen and oxygen atoms in total. The van der Waals surface area contributed by atoms with Crippen LogP contribution in [0.2, 0.25) is 0 Å². The minimum atomic E-state index is -1.04. The molecule has 30 heavy (non-hydrogen) atoms. The summed E-state index contributed by atoms with van der Waals surface area (Å²) in [5.41, 5.74) is 3.05. The Balaban J connectivity index is 0.00000272. The molecule has 7 heteroatoms. The van der Waals surface area contributed by atoms with Gasteiger partial charge in [0.1, 0.15) is 0 Å². The fourth-order valence-electron chi connectivity index (χ4n) is 3.61. The van der Waals surface area contributed by atoms with Crippen molar-refractivity contribution >= 4 is 22.4 Å². The number of fused-ring (bicyclic) bond motifs is 1. The highest BCUT2D eigenvalue weighted by atomic mass is 19.2. The van der Waals surface area contributed by atoms with Crippen molar-refractivity contribution in [3.8, 4) is 0 Å². The predicted octanol–water partition coefficient (Wildman–Crippen LogP) is 4.05. The minimum absolute atomic E-state index is 0. The van der Waals surface area contributed by atoms with Gasteiger partial charge < -0.3 is 9.88 Å². The number of H-pyrrole nitrogens is 1. The zero-order valence-electron chi connectivity index (χ0n) is 16.5. The maximum atomic E-state index is 14.3. The summed E-state index contributed by atoms with van der Waals surface area (Å²) in [6.45, 7) is 3.82. The molecule has 0 atom stereocenters. The highest BCUT2D eigenvalue weighted by molar-refractivity contribution is 5.87. The van der Waals surface area contributed by atoms with Crippen molar-refractivity contribution in [2.45, 2.75) is 20.3 Å². The lowest BCUT2D eigenvalue weighted by atomic mass is 10.0. The monoisotopic (exact) mass is 409 g/mol. The topological polar surface area (TPSA) is 66.1 Å². The fraction of sp³-hybridized carbons (Fsp3) is 0.174. The molecule has 2 aromatic heterocycles. The lowest BCUT2D eigenvalue weighted by Crippen LogP contribution is -2.31. The molecule has 0 bridgehead atoms. The number of aromatic nitrogens is 2. The highest BCUT2D eigenvalue weighted by Gasteiger charge is 2.20. The fourth-order valence-corrected chi connectivity index (χ4v) is 3.61. The molecular weight excluding hydrogens is 388 g/mol. The van der Waals surface area contributed by atoms with Crippen LogP contribution < -0.4 is 5.56 Å². The van der Waals surface area contributed by atoms with Crippen molar-refractivity contribution in [3.63, 3.8) is 0 Å². The Hall–Kier alpha value is -3.61. The van der Waals surface area contributed by atoms with E-state index in [1.54, 1.807) is 18.6 Å². The summed E-state index contributed by atoms with van der Waals surface area (Å²) in [5.74, 6) is -2.35. The SMILES string of the molecule is Cc1cncc(C2=CCN(C(=O)Cc3c(C)c4c(F)c(F)ccc4[nH]c3=O)C=C2)c1.[HH]. The molecule has 0 aliphatic carbocycles. The van der Waals surface area contributed by atoms with Crippen molar-refractivity contribution in [2.24, 2.45) is 0 Å². The molecule has 1 N–H and O–H groups in total. The van der Waals surface area contributed by atoms with E-state index in [1.165, 1.54) is 17.9 Å². The molecule has 0 radical (unpaired) electrons. The zero-order valence-corrected chi connectivity index (χ0v) is 16.5. The summed E-state index contributed by atoms with van der Waals surface area (Å²) in [7, 11) is 0. The molecule has 1 amide bonds. The third-order valence-corrected chi connectivity index (χ3v) is 5.24. The maximum absolute atomic E-state index is 14.3. The number of amides is 1. The van der Waals surface area contributed by atoms with E-state index in [2.05, 4.69) is 9.97 Å². The standard InChI is InChI=1S/C23H19F2N3O2.H2/c1-13-9-16(12-26-11-13)15-5-7-28(8-6-15)20(29)10-17-14(2)21-19(27-23(17)30)4-3-18(24)22(21)25;/h3-7,9,11-12H,8,10H2,1-2H3,(H,27,30);1H. The van der Waals surface area contributed by atoms with E-state index in [1.807, 2.05) is 25.1 Å². The van der Waals surface area contributed by atoms with Crippen molar-refractivity contribution < 1.29 is 15.0 Å². The molecule has 1 aliphatic heterocycles. The van der Waals surface area contributed by atoms with Crippen molar-refractivity contribution in [1.29, 1.82) is 0 Å². The quantitative estimate of drug-likeness (QED) is 0.710. The molecule has 0 saturated heterocycles. The van der Waals surface area contributed by atoms with E-state index in [4.69, 9.17) is 0 Å². The summed E-state index contributed by atoms with van der Waals surface area (Å²) < 4.78 is 27.9. The van der Waals surface area contributed by atoms with Crippen LogP contribution in [-0.2, 0) is 11.2 Å². The van der Waals surface area contributed by atoms with Crippen LogP contribution in [0.15, 0.2) is 53.7 Å². The second-order valence-corrected chi connectivity index (χ2v) is 7.29. The van der Waals surface area contributed by atoms with E-state index in [0.717, 1.165) is 22.8 Å². The van der Waals surface area contributed by atoms with Gasteiger partial charge in [-0.3, -0.25) is 14.6 Å². The van der Waals surface area contributed by atoms with Gasteiger partial charge in [-0.15, -0.1) is 0 Å². The van der Waals surface area contributed by atoms with Gasteiger partial charge in [0, 0.05) is 43.1 Å². The first kappa shape index (κ1) is 19.7. The molecule has 154 valence electrons. The summed E-state index contributed by atoms with van der Waals surface area (Å²) in [6.07, 6.45) is 8.68. The molecule has 4 rings (SSSR count). The summed E-state index contributed by atoms with van der Waals surface area (Å²) in [4.78, 5) is 33.4. The Bertz CT molecular complexity index is 1300.